The Balaban J connectivity index is 1.49. The van der Waals surface area contributed by atoms with Gasteiger partial charge in [0.2, 0.25) is 11.8 Å². The maximum Gasteiger partial charge on any atom is 0.324 e. The van der Waals surface area contributed by atoms with Gasteiger partial charge in [0.25, 0.3) is 5.91 Å². The molecule has 10 heteroatoms. The van der Waals surface area contributed by atoms with Gasteiger partial charge >= 0.3 is 6.03 Å². The van der Waals surface area contributed by atoms with E-state index in [9.17, 15) is 28.0 Å². The van der Waals surface area contributed by atoms with Gasteiger partial charge in [-0.1, -0.05) is 12.1 Å². The third kappa shape index (κ3) is 5.16. The fraction of sp³-hybridized carbons (Fsp3) is 0.200. The second-order valence-corrected chi connectivity index (χ2v) is 6.52. The van der Waals surface area contributed by atoms with Crippen LogP contribution in [0, 0.1) is 11.6 Å². The summed E-state index contributed by atoms with van der Waals surface area (Å²) >= 11 is 0. The van der Waals surface area contributed by atoms with Gasteiger partial charge in [-0.05, 0) is 29.8 Å². The Kier molecular flexibility index (Phi) is 6.35. The summed E-state index contributed by atoms with van der Waals surface area (Å²) < 4.78 is 26.5. The molecule has 0 unspecified atom stereocenters. The minimum atomic E-state index is -0.987. The number of anilines is 1. The molecule has 156 valence electrons. The van der Waals surface area contributed by atoms with Gasteiger partial charge in [0.15, 0.2) is 0 Å². The van der Waals surface area contributed by atoms with E-state index in [1.165, 1.54) is 0 Å². The smallest absolute Gasteiger partial charge is 0.324 e. The first kappa shape index (κ1) is 20.9. The van der Waals surface area contributed by atoms with E-state index in [1.807, 2.05) is 0 Å². The van der Waals surface area contributed by atoms with E-state index in [0.717, 1.165) is 17.0 Å². The summed E-state index contributed by atoms with van der Waals surface area (Å²) in [5, 5.41) is 7.47. The van der Waals surface area contributed by atoms with Gasteiger partial charge in [-0.3, -0.25) is 19.3 Å². The minimum absolute atomic E-state index is 0.0389. The highest BCUT2D eigenvalue weighted by Gasteiger charge is 2.28. The quantitative estimate of drug-likeness (QED) is 0.598. The predicted octanol–water partition coefficient (Wildman–Crippen LogP) is 1.78. The molecule has 3 N–H and O–H groups in total. The minimum Gasteiger partial charge on any atom is -0.351 e. The van der Waals surface area contributed by atoms with Crippen LogP contribution in [0.4, 0.5) is 19.3 Å². The normalized spacial score (nSPS) is 13.2. The Labute approximate surface area is 170 Å². The molecule has 0 atom stereocenters. The molecule has 5 amide bonds. The topological polar surface area (TPSA) is 108 Å². The second kappa shape index (κ2) is 9.12. The fourth-order valence-electron chi connectivity index (χ4n) is 2.83. The Hall–Kier alpha value is -3.82. The van der Waals surface area contributed by atoms with Crippen LogP contribution in [0.25, 0.3) is 0 Å². The van der Waals surface area contributed by atoms with Crippen LogP contribution in [0.3, 0.4) is 0 Å². The van der Waals surface area contributed by atoms with Crippen molar-refractivity contribution < 1.29 is 28.0 Å². The number of carbonyl (C=O) groups excluding carboxylic acids is 4. The summed E-state index contributed by atoms with van der Waals surface area (Å²) in [6, 6.07) is 8.78. The van der Waals surface area contributed by atoms with Crippen molar-refractivity contribution in [2.45, 2.75) is 13.0 Å². The number of rotatable bonds is 7. The third-order valence-corrected chi connectivity index (χ3v) is 4.30. The SMILES string of the molecule is O=C(CCNC(=O)c1ccc(F)cc1F)Nc1cccc(CN2C(=O)CNC2=O)c1. The average Bonchev–Trinajstić information content (AvgIpc) is 3.00. The summed E-state index contributed by atoms with van der Waals surface area (Å²) in [5.74, 6) is -3.26. The van der Waals surface area contributed by atoms with E-state index in [4.69, 9.17) is 0 Å². The summed E-state index contributed by atoms with van der Waals surface area (Å²) in [6.07, 6.45) is -0.0776. The van der Waals surface area contributed by atoms with Crippen molar-refractivity contribution >= 4 is 29.4 Å². The molecule has 3 rings (SSSR count). The molecular formula is C20H18F2N4O4. The highest BCUT2D eigenvalue weighted by Crippen LogP contribution is 2.15. The number of urea groups is 1. The zero-order valence-corrected chi connectivity index (χ0v) is 15.7. The number of imide groups is 1. The van der Waals surface area contributed by atoms with Crippen LogP contribution in [-0.2, 0) is 16.1 Å². The second-order valence-electron chi connectivity index (χ2n) is 6.52. The van der Waals surface area contributed by atoms with Gasteiger partial charge in [0.1, 0.15) is 11.6 Å². The molecule has 0 radical (unpaired) electrons. The number of hydrogen-bond acceptors (Lipinski definition) is 4. The van der Waals surface area contributed by atoms with Crippen molar-refractivity contribution in [3.05, 3.63) is 65.2 Å². The fourth-order valence-corrected chi connectivity index (χ4v) is 2.83. The zero-order chi connectivity index (χ0) is 21.7. The first-order valence-corrected chi connectivity index (χ1v) is 9.04. The lowest BCUT2D eigenvalue weighted by Gasteiger charge is -2.13. The summed E-state index contributed by atoms with van der Waals surface area (Å²) in [5.41, 5.74) is 0.795. The van der Waals surface area contributed by atoms with Crippen LogP contribution < -0.4 is 16.0 Å². The summed E-state index contributed by atoms with van der Waals surface area (Å²) in [4.78, 5) is 48.3. The van der Waals surface area contributed by atoms with Crippen LogP contribution >= 0.6 is 0 Å². The van der Waals surface area contributed by atoms with Crippen molar-refractivity contribution in [1.29, 1.82) is 0 Å². The maximum absolute atomic E-state index is 13.6. The van der Waals surface area contributed by atoms with Crippen molar-refractivity contribution in [2.24, 2.45) is 0 Å². The van der Waals surface area contributed by atoms with Gasteiger partial charge in [-0.2, -0.15) is 0 Å². The number of hydrogen-bond donors (Lipinski definition) is 3. The number of halogens is 2. The molecule has 0 bridgehead atoms. The molecule has 1 fully saturated rings. The van der Waals surface area contributed by atoms with E-state index >= 15 is 0 Å². The highest BCUT2D eigenvalue weighted by atomic mass is 19.1. The lowest BCUT2D eigenvalue weighted by Crippen LogP contribution is -2.30. The van der Waals surface area contributed by atoms with Gasteiger partial charge < -0.3 is 16.0 Å². The van der Waals surface area contributed by atoms with E-state index in [0.29, 0.717) is 17.3 Å². The molecule has 0 aliphatic carbocycles. The predicted molar refractivity (Wildman–Crippen MR) is 102 cm³/mol. The van der Waals surface area contributed by atoms with E-state index in [-0.39, 0.29) is 37.5 Å². The van der Waals surface area contributed by atoms with Crippen molar-refractivity contribution in [3.63, 3.8) is 0 Å². The molecule has 2 aromatic carbocycles. The lowest BCUT2D eigenvalue weighted by atomic mass is 10.2. The van der Waals surface area contributed by atoms with Crippen LogP contribution in [0.2, 0.25) is 0 Å². The molecule has 8 nitrogen and oxygen atoms in total. The van der Waals surface area contributed by atoms with Crippen LogP contribution in [-0.4, -0.2) is 41.7 Å². The standard InChI is InChI=1S/C20H18F2N4O4/c21-13-4-5-15(16(22)9-13)19(29)23-7-6-17(27)25-14-3-1-2-12(8-14)11-26-18(28)10-24-20(26)30/h1-5,8-9H,6-7,10-11H2,(H,23,29)(H,24,30)(H,25,27). The molecule has 1 aliphatic heterocycles. The van der Waals surface area contributed by atoms with Crippen molar-refractivity contribution in [3.8, 4) is 0 Å². The molecule has 2 aromatic rings. The van der Waals surface area contributed by atoms with E-state index in [1.54, 1.807) is 24.3 Å². The average molecular weight is 416 g/mol. The van der Waals surface area contributed by atoms with Crippen LogP contribution in [0.5, 0.6) is 0 Å². The number of benzene rings is 2. The molecule has 0 aromatic heterocycles. The van der Waals surface area contributed by atoms with Crippen LogP contribution in [0.1, 0.15) is 22.3 Å². The van der Waals surface area contributed by atoms with Crippen LogP contribution in [0.15, 0.2) is 42.5 Å². The number of nitrogens with one attached hydrogen (secondary N) is 3. The van der Waals surface area contributed by atoms with Gasteiger partial charge in [-0.25, -0.2) is 13.6 Å². The Morgan fingerprint density at radius 2 is 1.90 bits per heavy atom. The van der Waals surface area contributed by atoms with E-state index in [2.05, 4.69) is 16.0 Å². The first-order valence-electron chi connectivity index (χ1n) is 9.04. The van der Waals surface area contributed by atoms with Gasteiger partial charge in [0.05, 0.1) is 18.7 Å². The monoisotopic (exact) mass is 416 g/mol. The van der Waals surface area contributed by atoms with Gasteiger partial charge in [-0.15, -0.1) is 0 Å². The maximum atomic E-state index is 13.6. The zero-order valence-electron chi connectivity index (χ0n) is 15.7. The van der Waals surface area contributed by atoms with E-state index < -0.39 is 29.5 Å². The molecule has 1 saturated heterocycles. The molecule has 1 heterocycles. The first-order chi connectivity index (χ1) is 14.3. The Bertz CT molecular complexity index is 996. The largest absolute Gasteiger partial charge is 0.351 e. The third-order valence-electron chi connectivity index (χ3n) is 4.30. The van der Waals surface area contributed by atoms with Crippen molar-refractivity contribution in [2.75, 3.05) is 18.4 Å². The lowest BCUT2D eigenvalue weighted by molar-refractivity contribution is -0.125. The molecule has 30 heavy (non-hydrogen) atoms. The molecule has 1 aliphatic rings. The Morgan fingerprint density at radius 3 is 2.60 bits per heavy atom. The van der Waals surface area contributed by atoms with Gasteiger partial charge in [0, 0.05) is 24.7 Å². The molecule has 0 saturated carbocycles. The summed E-state index contributed by atoms with van der Waals surface area (Å²) in [7, 11) is 0. The van der Waals surface area contributed by atoms with Crippen molar-refractivity contribution in [1.82, 2.24) is 15.5 Å². The number of nitrogens with zero attached hydrogens (tertiary/aromatic N) is 1. The highest BCUT2D eigenvalue weighted by molar-refractivity contribution is 6.02. The summed E-state index contributed by atoms with van der Waals surface area (Å²) in [6.45, 7) is -0.0138. The Morgan fingerprint density at radius 1 is 1.10 bits per heavy atom. The molecular weight excluding hydrogens is 398 g/mol. The number of amides is 5. The molecule has 0 spiro atoms. The number of carbonyl (C=O) groups is 4.